The predicted molar refractivity (Wildman–Crippen MR) is 103 cm³/mol. The Kier molecular flexibility index (Phi) is 5.21. The van der Waals surface area contributed by atoms with Gasteiger partial charge in [0.15, 0.2) is 0 Å². The van der Waals surface area contributed by atoms with E-state index in [4.69, 9.17) is 4.74 Å². The van der Waals surface area contributed by atoms with Crippen LogP contribution in [0.4, 0.5) is 0 Å². The lowest BCUT2D eigenvalue weighted by Gasteiger charge is -2.13. The fourth-order valence-electron chi connectivity index (χ4n) is 3.63. The molecule has 1 unspecified atom stereocenters. The summed E-state index contributed by atoms with van der Waals surface area (Å²) in [5, 5.41) is 2.84. The molecule has 0 bridgehead atoms. The van der Waals surface area contributed by atoms with Gasteiger partial charge in [-0.1, -0.05) is 30.3 Å². The number of fused-ring (bicyclic) bond motifs is 1. The summed E-state index contributed by atoms with van der Waals surface area (Å²) in [7, 11) is 0. The van der Waals surface area contributed by atoms with E-state index in [2.05, 4.69) is 5.32 Å². The van der Waals surface area contributed by atoms with Gasteiger partial charge in [-0.15, -0.1) is 0 Å². The smallest absolute Gasteiger partial charge is 0.261 e. The molecule has 0 saturated carbocycles. The Morgan fingerprint density at radius 2 is 1.86 bits per heavy atom. The van der Waals surface area contributed by atoms with Gasteiger partial charge >= 0.3 is 0 Å². The van der Waals surface area contributed by atoms with Gasteiger partial charge in [0.2, 0.25) is 0 Å². The van der Waals surface area contributed by atoms with Crippen LogP contribution in [0.2, 0.25) is 0 Å². The van der Waals surface area contributed by atoms with Crippen LogP contribution in [0.15, 0.2) is 48.5 Å². The minimum Gasteiger partial charge on any atom is -0.376 e. The lowest BCUT2D eigenvalue weighted by molar-refractivity contribution is 0.0656. The van der Waals surface area contributed by atoms with Gasteiger partial charge in [0, 0.05) is 25.3 Å². The zero-order valence-electron chi connectivity index (χ0n) is 15.5. The number of rotatable bonds is 6. The normalized spacial score (nSPS) is 18.4. The van der Waals surface area contributed by atoms with Crippen molar-refractivity contribution in [2.75, 3.05) is 19.7 Å². The second-order valence-electron chi connectivity index (χ2n) is 7.10. The topological polar surface area (TPSA) is 75.7 Å². The molecule has 2 aliphatic heterocycles. The van der Waals surface area contributed by atoms with E-state index in [1.54, 1.807) is 12.1 Å². The molecule has 1 saturated heterocycles. The fourth-order valence-corrected chi connectivity index (χ4v) is 3.63. The summed E-state index contributed by atoms with van der Waals surface area (Å²) in [5.41, 5.74) is 2.09. The molecule has 0 spiro atoms. The summed E-state index contributed by atoms with van der Waals surface area (Å²) < 4.78 is 5.50. The van der Waals surface area contributed by atoms with E-state index < -0.39 is 0 Å². The standard InChI is InChI=1S/C22H22N2O4/c25-20(23-14-17-7-4-12-28-17)16-8-9-18-19(13-16)22(27)24(21(18)26)11-10-15-5-2-1-3-6-15/h1-3,5-6,8-9,13,17H,4,7,10-12,14H2,(H,23,25). The molecule has 2 aromatic carbocycles. The molecule has 0 aromatic heterocycles. The number of hydrogen-bond acceptors (Lipinski definition) is 4. The third-order valence-corrected chi connectivity index (χ3v) is 5.21. The third-order valence-electron chi connectivity index (χ3n) is 5.21. The van der Waals surface area contributed by atoms with Gasteiger partial charge in [-0.25, -0.2) is 0 Å². The molecule has 3 amide bonds. The van der Waals surface area contributed by atoms with Gasteiger partial charge in [-0.3, -0.25) is 19.3 Å². The first kappa shape index (κ1) is 18.4. The molecule has 2 heterocycles. The summed E-state index contributed by atoms with van der Waals surface area (Å²) in [6.45, 7) is 1.50. The monoisotopic (exact) mass is 378 g/mol. The summed E-state index contributed by atoms with van der Waals surface area (Å²) in [6, 6.07) is 14.4. The minimum atomic E-state index is -0.343. The van der Waals surface area contributed by atoms with Crippen molar-refractivity contribution >= 4 is 17.7 Å². The van der Waals surface area contributed by atoms with Crippen LogP contribution in [0.5, 0.6) is 0 Å². The Morgan fingerprint density at radius 1 is 1.07 bits per heavy atom. The number of carbonyl (C=O) groups is 3. The third kappa shape index (κ3) is 3.68. The number of imide groups is 1. The van der Waals surface area contributed by atoms with Crippen molar-refractivity contribution in [1.82, 2.24) is 10.2 Å². The van der Waals surface area contributed by atoms with Crippen LogP contribution in [0.3, 0.4) is 0 Å². The highest BCUT2D eigenvalue weighted by Gasteiger charge is 2.35. The van der Waals surface area contributed by atoms with Crippen LogP contribution < -0.4 is 5.32 Å². The van der Waals surface area contributed by atoms with E-state index in [1.807, 2.05) is 30.3 Å². The molecule has 0 aliphatic carbocycles. The van der Waals surface area contributed by atoms with Crippen LogP contribution in [0, 0.1) is 0 Å². The number of nitrogens with one attached hydrogen (secondary N) is 1. The molecule has 6 heteroatoms. The molecule has 1 N–H and O–H groups in total. The Bertz CT molecular complexity index is 904. The Balaban J connectivity index is 1.43. The minimum absolute atomic E-state index is 0.0510. The quantitative estimate of drug-likeness (QED) is 0.784. The first-order chi connectivity index (χ1) is 13.6. The highest BCUT2D eigenvalue weighted by molar-refractivity contribution is 6.22. The molecule has 2 aromatic rings. The maximum absolute atomic E-state index is 12.7. The maximum atomic E-state index is 12.7. The molecular weight excluding hydrogens is 356 g/mol. The molecule has 28 heavy (non-hydrogen) atoms. The van der Waals surface area contributed by atoms with Crippen LogP contribution in [0.25, 0.3) is 0 Å². The van der Waals surface area contributed by atoms with Crippen LogP contribution in [-0.4, -0.2) is 48.4 Å². The van der Waals surface area contributed by atoms with Crippen molar-refractivity contribution in [3.05, 3.63) is 70.8 Å². The lowest BCUT2D eigenvalue weighted by atomic mass is 10.1. The van der Waals surface area contributed by atoms with Crippen molar-refractivity contribution in [2.45, 2.75) is 25.4 Å². The van der Waals surface area contributed by atoms with E-state index in [0.717, 1.165) is 25.0 Å². The molecule has 6 nitrogen and oxygen atoms in total. The largest absolute Gasteiger partial charge is 0.376 e. The van der Waals surface area contributed by atoms with Gasteiger partial charge in [-0.2, -0.15) is 0 Å². The van der Waals surface area contributed by atoms with Crippen LogP contribution in [-0.2, 0) is 11.2 Å². The molecular formula is C22H22N2O4. The Hall–Kier alpha value is -2.99. The Labute approximate surface area is 163 Å². The van der Waals surface area contributed by atoms with Gasteiger partial charge < -0.3 is 10.1 Å². The highest BCUT2D eigenvalue weighted by Crippen LogP contribution is 2.24. The van der Waals surface area contributed by atoms with Gasteiger partial charge in [-0.05, 0) is 43.0 Å². The number of carbonyl (C=O) groups excluding carboxylic acids is 3. The summed E-state index contributed by atoms with van der Waals surface area (Å²) >= 11 is 0. The van der Waals surface area contributed by atoms with E-state index in [0.29, 0.717) is 36.2 Å². The molecule has 4 rings (SSSR count). The van der Waals surface area contributed by atoms with Crippen LogP contribution in [0.1, 0.15) is 49.5 Å². The SMILES string of the molecule is O=C(NCC1CCCO1)c1ccc2c(c1)C(=O)N(CCc1ccccc1)C2=O. The first-order valence-electron chi connectivity index (χ1n) is 9.57. The zero-order chi connectivity index (χ0) is 19.5. The first-order valence-corrected chi connectivity index (χ1v) is 9.57. The fraction of sp³-hybridized carbons (Fsp3) is 0.318. The molecule has 144 valence electrons. The van der Waals surface area contributed by atoms with Crippen LogP contribution >= 0.6 is 0 Å². The zero-order valence-corrected chi connectivity index (χ0v) is 15.5. The number of hydrogen-bond donors (Lipinski definition) is 1. The number of ether oxygens (including phenoxy) is 1. The van der Waals surface area contributed by atoms with E-state index >= 15 is 0 Å². The second-order valence-corrected chi connectivity index (χ2v) is 7.10. The van der Waals surface area contributed by atoms with E-state index in [1.165, 1.54) is 11.0 Å². The number of benzene rings is 2. The average Bonchev–Trinajstić information content (AvgIpc) is 3.33. The maximum Gasteiger partial charge on any atom is 0.261 e. The highest BCUT2D eigenvalue weighted by atomic mass is 16.5. The summed E-state index contributed by atoms with van der Waals surface area (Å²) in [5.74, 6) is -0.909. The molecule has 1 fully saturated rings. The van der Waals surface area contributed by atoms with Crippen molar-refractivity contribution in [1.29, 1.82) is 0 Å². The van der Waals surface area contributed by atoms with Crippen molar-refractivity contribution in [3.8, 4) is 0 Å². The van der Waals surface area contributed by atoms with Crippen molar-refractivity contribution in [2.24, 2.45) is 0 Å². The predicted octanol–water partition coefficient (Wildman–Crippen LogP) is 2.43. The lowest BCUT2D eigenvalue weighted by Crippen LogP contribution is -2.32. The second kappa shape index (κ2) is 7.94. The molecule has 1 atom stereocenters. The molecule has 0 radical (unpaired) electrons. The molecule has 2 aliphatic rings. The van der Waals surface area contributed by atoms with Gasteiger partial charge in [0.25, 0.3) is 17.7 Å². The van der Waals surface area contributed by atoms with E-state index in [-0.39, 0.29) is 23.8 Å². The van der Waals surface area contributed by atoms with Gasteiger partial charge in [0.1, 0.15) is 0 Å². The average molecular weight is 378 g/mol. The summed E-state index contributed by atoms with van der Waals surface area (Å²) in [6.07, 6.45) is 2.60. The van der Waals surface area contributed by atoms with Crippen molar-refractivity contribution in [3.63, 3.8) is 0 Å². The van der Waals surface area contributed by atoms with Gasteiger partial charge in [0.05, 0.1) is 17.2 Å². The van der Waals surface area contributed by atoms with Crippen molar-refractivity contribution < 1.29 is 19.1 Å². The summed E-state index contributed by atoms with van der Waals surface area (Å²) in [4.78, 5) is 39.0. The van der Waals surface area contributed by atoms with E-state index in [9.17, 15) is 14.4 Å². The number of amides is 3. The Morgan fingerprint density at radius 3 is 2.61 bits per heavy atom. The number of nitrogens with zero attached hydrogens (tertiary/aromatic N) is 1.